The number of fused-ring (bicyclic) bond motifs is 6. The number of nitrogens with zero attached hydrogens (tertiary/aromatic N) is 2. The molecule has 0 radical (unpaired) electrons. The number of pyridine rings is 2. The third-order valence-electron chi connectivity index (χ3n) is 9.96. The van der Waals surface area contributed by atoms with Crippen LogP contribution in [0.2, 0.25) is 0 Å². The first-order valence-corrected chi connectivity index (χ1v) is 19.0. The topological polar surface area (TPSA) is 61.3 Å². The molecule has 9 aromatic rings. The summed E-state index contributed by atoms with van der Waals surface area (Å²) in [5.74, 6) is 1.85. The van der Waals surface area contributed by atoms with Gasteiger partial charge in [0.1, 0.15) is 28.3 Å². The molecule has 0 unspecified atom stereocenters. The molecule has 55 heavy (non-hydrogen) atoms. The fraction of sp³-hybridized carbons (Fsp3) is 0.200. The molecule has 0 atom stereocenters. The first kappa shape index (κ1) is 34.6. The van der Waals surface area contributed by atoms with E-state index in [1.807, 2.05) is 48.5 Å². The zero-order valence-corrected chi connectivity index (χ0v) is 32.2. The summed E-state index contributed by atoms with van der Waals surface area (Å²) in [6.07, 6.45) is 3.71. The van der Waals surface area contributed by atoms with Crippen molar-refractivity contribution in [3.8, 4) is 45.5 Å². The second-order valence-corrected chi connectivity index (χ2v) is 17.2. The highest BCUT2D eigenvalue weighted by Gasteiger charge is 2.21. The zero-order valence-electron chi connectivity index (χ0n) is 32.2. The van der Waals surface area contributed by atoms with Gasteiger partial charge in [-0.25, -0.2) is 4.98 Å². The van der Waals surface area contributed by atoms with Crippen LogP contribution in [0.15, 0.2) is 142 Å². The standard InChI is InChI=1S/C50H44N2O3/c1-49(2,3)29-31-17-19-35-27-44(54-43(35)22-31)36-26-42(52-46(28-36)53-37-14-11-13-34(24-37)41-16-9-10-21-51-41)40-25-33-12-7-8-15-38(33)47-39-20-18-32(30-50(4,5)6)23-45(39)55-48(40)47/h7-28H,29-30H2,1-6H3. The Morgan fingerprint density at radius 2 is 1.33 bits per heavy atom. The Kier molecular flexibility index (Phi) is 8.34. The van der Waals surface area contributed by atoms with Gasteiger partial charge in [-0.15, -0.1) is 0 Å². The maximum absolute atomic E-state index is 6.86. The number of furan rings is 2. The quantitative estimate of drug-likeness (QED) is 0.164. The lowest BCUT2D eigenvalue weighted by molar-refractivity contribution is 0.411. The van der Waals surface area contributed by atoms with Crippen molar-refractivity contribution in [2.24, 2.45) is 10.8 Å². The predicted octanol–water partition coefficient (Wildman–Crippen LogP) is 14.2. The second kappa shape index (κ2) is 13.3. The molecule has 0 fully saturated rings. The fourth-order valence-corrected chi connectivity index (χ4v) is 7.73. The maximum Gasteiger partial charge on any atom is 0.220 e. The molecule has 272 valence electrons. The molecule has 4 heterocycles. The highest BCUT2D eigenvalue weighted by atomic mass is 16.5. The number of ether oxygens (including phenoxy) is 1. The van der Waals surface area contributed by atoms with E-state index in [2.05, 4.69) is 125 Å². The van der Waals surface area contributed by atoms with Gasteiger partial charge < -0.3 is 13.6 Å². The molecule has 5 heteroatoms. The summed E-state index contributed by atoms with van der Waals surface area (Å²) >= 11 is 0. The van der Waals surface area contributed by atoms with Gasteiger partial charge in [-0.05, 0) is 100 Å². The number of benzene rings is 5. The van der Waals surface area contributed by atoms with Crippen LogP contribution in [0, 0.1) is 10.8 Å². The molecule has 9 rings (SSSR count). The average molecular weight is 721 g/mol. The SMILES string of the molecule is CC(C)(C)Cc1ccc2cc(-c3cc(Oc4cccc(-c5ccccn5)c4)nc(-c4cc5ccccc5c5c4oc4cc(CC(C)(C)C)ccc45)c3)oc2c1. The highest BCUT2D eigenvalue weighted by molar-refractivity contribution is 6.22. The minimum Gasteiger partial charge on any atom is -0.456 e. The van der Waals surface area contributed by atoms with E-state index in [1.165, 1.54) is 11.1 Å². The van der Waals surface area contributed by atoms with Gasteiger partial charge in [-0.3, -0.25) is 4.98 Å². The minimum atomic E-state index is 0.153. The van der Waals surface area contributed by atoms with Crippen molar-refractivity contribution in [3.63, 3.8) is 0 Å². The summed E-state index contributed by atoms with van der Waals surface area (Å²) in [5, 5.41) is 5.48. The van der Waals surface area contributed by atoms with Crippen molar-refractivity contribution >= 4 is 43.7 Å². The summed E-state index contributed by atoms with van der Waals surface area (Å²) in [6.45, 7) is 13.6. The monoisotopic (exact) mass is 720 g/mol. The average Bonchev–Trinajstić information content (AvgIpc) is 3.75. The van der Waals surface area contributed by atoms with E-state index in [0.29, 0.717) is 11.6 Å². The molecule has 5 nitrogen and oxygen atoms in total. The predicted molar refractivity (Wildman–Crippen MR) is 226 cm³/mol. The summed E-state index contributed by atoms with van der Waals surface area (Å²) in [4.78, 5) is 9.74. The number of rotatable bonds is 7. The Morgan fingerprint density at radius 1 is 0.564 bits per heavy atom. The molecule has 5 aromatic carbocycles. The lowest BCUT2D eigenvalue weighted by Gasteiger charge is -2.17. The number of aromatic nitrogens is 2. The fourth-order valence-electron chi connectivity index (χ4n) is 7.73. The van der Waals surface area contributed by atoms with Crippen molar-refractivity contribution in [1.82, 2.24) is 9.97 Å². The summed E-state index contributed by atoms with van der Waals surface area (Å²) in [7, 11) is 0. The van der Waals surface area contributed by atoms with Crippen LogP contribution in [0.3, 0.4) is 0 Å². The molecule has 0 aliphatic rings. The van der Waals surface area contributed by atoms with E-state index in [0.717, 1.165) is 90.4 Å². The molecule has 0 saturated carbocycles. The van der Waals surface area contributed by atoms with Gasteiger partial charge in [-0.2, -0.15) is 0 Å². The smallest absolute Gasteiger partial charge is 0.220 e. The van der Waals surface area contributed by atoms with E-state index in [9.17, 15) is 0 Å². The molecule has 4 aromatic heterocycles. The van der Waals surface area contributed by atoms with Crippen molar-refractivity contribution < 1.29 is 13.6 Å². The molecule has 0 amide bonds. The molecule has 0 aliphatic carbocycles. The first-order chi connectivity index (χ1) is 26.4. The summed E-state index contributed by atoms with van der Waals surface area (Å²) in [6, 6.07) is 43.9. The Hall–Kier alpha value is -6.20. The van der Waals surface area contributed by atoms with Crippen LogP contribution < -0.4 is 4.74 Å². The maximum atomic E-state index is 6.86. The van der Waals surface area contributed by atoms with Crippen LogP contribution in [0.1, 0.15) is 52.7 Å². The third kappa shape index (κ3) is 7.10. The first-order valence-electron chi connectivity index (χ1n) is 19.0. The Balaban J connectivity index is 1.23. The lowest BCUT2D eigenvalue weighted by Crippen LogP contribution is -2.08. The molecule has 0 spiro atoms. The van der Waals surface area contributed by atoms with Crippen LogP contribution in [0.25, 0.3) is 77.5 Å². The van der Waals surface area contributed by atoms with Gasteiger partial charge >= 0.3 is 0 Å². The molecule has 0 bridgehead atoms. The van der Waals surface area contributed by atoms with Crippen molar-refractivity contribution in [2.75, 3.05) is 0 Å². The molecule has 0 aliphatic heterocycles. The third-order valence-corrected chi connectivity index (χ3v) is 9.96. The second-order valence-electron chi connectivity index (χ2n) is 17.2. The van der Waals surface area contributed by atoms with Gasteiger partial charge in [0.25, 0.3) is 0 Å². The Labute approximate surface area is 321 Å². The van der Waals surface area contributed by atoms with Crippen molar-refractivity contribution in [1.29, 1.82) is 0 Å². The van der Waals surface area contributed by atoms with Crippen LogP contribution >= 0.6 is 0 Å². The van der Waals surface area contributed by atoms with Gasteiger partial charge in [-0.1, -0.05) is 108 Å². The van der Waals surface area contributed by atoms with Crippen LogP contribution in [0.4, 0.5) is 0 Å². The number of hydrogen-bond donors (Lipinski definition) is 0. The minimum absolute atomic E-state index is 0.153. The zero-order chi connectivity index (χ0) is 37.9. The van der Waals surface area contributed by atoms with Gasteiger partial charge in [0.2, 0.25) is 5.88 Å². The number of hydrogen-bond acceptors (Lipinski definition) is 5. The molecule has 0 N–H and O–H groups in total. The van der Waals surface area contributed by atoms with Gasteiger partial charge in [0, 0.05) is 45.1 Å². The van der Waals surface area contributed by atoms with E-state index in [4.69, 9.17) is 18.6 Å². The normalized spacial score (nSPS) is 12.3. The summed E-state index contributed by atoms with van der Waals surface area (Å²) in [5.41, 5.74) is 9.66. The van der Waals surface area contributed by atoms with E-state index >= 15 is 0 Å². The Bertz CT molecular complexity index is 2870. The van der Waals surface area contributed by atoms with E-state index in [-0.39, 0.29) is 10.8 Å². The van der Waals surface area contributed by atoms with Crippen LogP contribution in [-0.2, 0) is 12.8 Å². The lowest BCUT2D eigenvalue weighted by atomic mass is 9.88. The largest absolute Gasteiger partial charge is 0.456 e. The molecular formula is C50H44N2O3. The van der Waals surface area contributed by atoms with Crippen LogP contribution in [-0.4, -0.2) is 9.97 Å². The van der Waals surface area contributed by atoms with Crippen molar-refractivity contribution in [3.05, 3.63) is 145 Å². The van der Waals surface area contributed by atoms with E-state index < -0.39 is 0 Å². The van der Waals surface area contributed by atoms with Gasteiger partial charge in [0.05, 0.1) is 11.4 Å². The Morgan fingerprint density at radius 3 is 2.11 bits per heavy atom. The highest BCUT2D eigenvalue weighted by Crippen LogP contribution is 2.43. The van der Waals surface area contributed by atoms with Crippen molar-refractivity contribution in [2.45, 2.75) is 54.4 Å². The van der Waals surface area contributed by atoms with Crippen LogP contribution in [0.5, 0.6) is 11.6 Å². The van der Waals surface area contributed by atoms with Gasteiger partial charge in [0.15, 0.2) is 0 Å². The van der Waals surface area contributed by atoms with E-state index in [1.54, 1.807) is 6.20 Å². The molecular weight excluding hydrogens is 677 g/mol. The molecule has 0 saturated heterocycles. The summed E-state index contributed by atoms with van der Waals surface area (Å²) < 4.78 is 20.1.